The predicted octanol–water partition coefficient (Wildman–Crippen LogP) is 1.79. The lowest BCUT2D eigenvalue weighted by atomic mass is 9.85. The van der Waals surface area contributed by atoms with Crippen molar-refractivity contribution >= 4 is 11.9 Å². The van der Waals surface area contributed by atoms with E-state index in [9.17, 15) is 9.59 Å². The van der Waals surface area contributed by atoms with Gasteiger partial charge in [-0.1, -0.05) is 11.2 Å². The summed E-state index contributed by atoms with van der Waals surface area (Å²) < 4.78 is 5.15. The van der Waals surface area contributed by atoms with Crippen molar-refractivity contribution < 1.29 is 19.2 Å². The Balaban J connectivity index is 1.30. The van der Waals surface area contributed by atoms with Crippen molar-refractivity contribution in [2.75, 3.05) is 13.1 Å². The number of aromatic nitrogens is 2. The summed E-state index contributed by atoms with van der Waals surface area (Å²) in [5.41, 5.74) is 1.16. The number of hydrogen-bond donors (Lipinski definition) is 2. The van der Waals surface area contributed by atoms with Crippen LogP contribution in [0.1, 0.15) is 36.2 Å². The molecule has 2 N–H and O–H groups in total. The molecule has 8 nitrogen and oxygen atoms in total. The smallest absolute Gasteiger partial charge is 0.317 e. The number of carboxylic acids is 1. The number of carbonyl (C=O) groups excluding carboxylic acids is 1. The maximum absolute atomic E-state index is 12.4. The maximum Gasteiger partial charge on any atom is 0.317 e. The van der Waals surface area contributed by atoms with Crippen LogP contribution < -0.4 is 5.32 Å². The molecule has 2 fully saturated rings. The molecule has 0 atom stereocenters. The van der Waals surface area contributed by atoms with Gasteiger partial charge in [-0.3, -0.25) is 19.5 Å². The van der Waals surface area contributed by atoms with E-state index in [0.717, 1.165) is 19.4 Å². The molecule has 0 radical (unpaired) electrons. The van der Waals surface area contributed by atoms with Gasteiger partial charge in [0, 0.05) is 30.9 Å². The Morgan fingerprint density at radius 1 is 1.26 bits per heavy atom. The zero-order valence-corrected chi connectivity index (χ0v) is 14.9. The molecule has 2 saturated carbocycles. The van der Waals surface area contributed by atoms with Gasteiger partial charge < -0.3 is 14.9 Å². The zero-order chi connectivity index (χ0) is 18.8. The van der Waals surface area contributed by atoms with E-state index >= 15 is 0 Å². The highest BCUT2D eigenvalue weighted by Gasteiger charge is 2.38. The lowest BCUT2D eigenvalue weighted by molar-refractivity contribution is -0.139. The van der Waals surface area contributed by atoms with Gasteiger partial charge >= 0.3 is 5.97 Å². The molecule has 0 aliphatic heterocycles. The maximum atomic E-state index is 12.4. The largest absolute Gasteiger partial charge is 0.480 e. The van der Waals surface area contributed by atoms with Crippen LogP contribution in [0.4, 0.5) is 0 Å². The summed E-state index contributed by atoms with van der Waals surface area (Å²) in [5, 5.41) is 15.9. The summed E-state index contributed by atoms with van der Waals surface area (Å²) in [4.78, 5) is 29.7. The van der Waals surface area contributed by atoms with E-state index in [0.29, 0.717) is 17.3 Å². The topological polar surface area (TPSA) is 109 Å². The third kappa shape index (κ3) is 4.33. The highest BCUT2D eigenvalue weighted by atomic mass is 16.5. The first-order valence-corrected chi connectivity index (χ1v) is 9.23. The van der Waals surface area contributed by atoms with Crippen LogP contribution >= 0.6 is 0 Å². The van der Waals surface area contributed by atoms with E-state index in [4.69, 9.17) is 9.63 Å². The molecule has 4 rings (SSSR count). The number of carboxylic acid groups (broad SMARTS) is 1. The van der Waals surface area contributed by atoms with E-state index in [1.54, 1.807) is 24.4 Å². The van der Waals surface area contributed by atoms with E-state index < -0.39 is 5.97 Å². The molecule has 2 aromatic heterocycles. The summed E-state index contributed by atoms with van der Waals surface area (Å²) >= 11 is 0. The number of carbonyl (C=O) groups is 2. The molecule has 142 valence electrons. The molecule has 0 unspecified atom stereocenters. The number of hydrogen-bond acceptors (Lipinski definition) is 6. The average Bonchev–Trinajstić information content (AvgIpc) is 3.29. The Morgan fingerprint density at radius 3 is 2.74 bits per heavy atom. The summed E-state index contributed by atoms with van der Waals surface area (Å²) in [6, 6.07) is 7.27. The molecule has 2 heterocycles. The summed E-state index contributed by atoms with van der Waals surface area (Å²) in [6.07, 6.45) is 5.54. The Hall–Kier alpha value is -2.74. The normalized spacial score (nSPS) is 21.7. The molecule has 0 aromatic carbocycles. The van der Waals surface area contributed by atoms with Crippen molar-refractivity contribution in [3.8, 4) is 11.4 Å². The monoisotopic (exact) mass is 370 g/mol. The fourth-order valence-electron chi connectivity index (χ4n) is 3.43. The van der Waals surface area contributed by atoms with E-state index in [-0.39, 0.29) is 30.3 Å². The van der Waals surface area contributed by atoms with Crippen LogP contribution in [0.25, 0.3) is 11.4 Å². The van der Waals surface area contributed by atoms with Crippen LogP contribution in [0.5, 0.6) is 0 Å². The molecular formula is C19H22N4O4. The van der Waals surface area contributed by atoms with Gasteiger partial charge in [0.05, 0.1) is 12.2 Å². The van der Waals surface area contributed by atoms with Gasteiger partial charge in [-0.15, -0.1) is 0 Å². The second-order valence-electron chi connectivity index (χ2n) is 7.35. The second-order valence-corrected chi connectivity index (χ2v) is 7.35. The zero-order valence-electron chi connectivity index (χ0n) is 14.9. The molecule has 1 amide bonds. The van der Waals surface area contributed by atoms with Crippen LogP contribution in [-0.4, -0.2) is 57.2 Å². The number of aliphatic carboxylic acids is 1. The number of nitrogens with zero attached hydrogens (tertiary/aromatic N) is 3. The highest BCUT2D eigenvalue weighted by Crippen LogP contribution is 2.33. The number of rotatable bonds is 8. The first-order valence-electron chi connectivity index (χ1n) is 9.23. The Kier molecular flexibility index (Phi) is 4.89. The summed E-state index contributed by atoms with van der Waals surface area (Å²) in [7, 11) is 0. The minimum absolute atomic E-state index is 0.0291. The van der Waals surface area contributed by atoms with Crippen molar-refractivity contribution in [1.82, 2.24) is 20.4 Å². The SMILES string of the molecule is O=C(O)CN(CC1CC1)C1CC(NC(=O)c2cc(-c3ccccn3)no2)C1. The first-order chi connectivity index (χ1) is 13.1. The molecule has 0 bridgehead atoms. The first kappa shape index (κ1) is 17.7. The minimum Gasteiger partial charge on any atom is -0.480 e. The van der Waals surface area contributed by atoms with Gasteiger partial charge in [-0.2, -0.15) is 0 Å². The minimum atomic E-state index is -0.799. The second kappa shape index (κ2) is 7.48. The molecular weight excluding hydrogens is 348 g/mol. The molecule has 0 spiro atoms. The van der Waals surface area contributed by atoms with Crippen LogP contribution in [0.3, 0.4) is 0 Å². The predicted molar refractivity (Wildman–Crippen MR) is 95.9 cm³/mol. The van der Waals surface area contributed by atoms with Crippen LogP contribution in [0.15, 0.2) is 35.0 Å². The van der Waals surface area contributed by atoms with E-state index in [1.165, 1.54) is 12.8 Å². The quantitative estimate of drug-likeness (QED) is 0.729. The lowest BCUT2D eigenvalue weighted by Gasteiger charge is -2.42. The van der Waals surface area contributed by atoms with E-state index in [1.807, 2.05) is 11.0 Å². The van der Waals surface area contributed by atoms with Crippen LogP contribution in [-0.2, 0) is 4.79 Å². The van der Waals surface area contributed by atoms with Crippen LogP contribution in [0.2, 0.25) is 0 Å². The molecule has 2 aromatic rings. The van der Waals surface area contributed by atoms with Gasteiger partial charge in [0.25, 0.3) is 5.91 Å². The van der Waals surface area contributed by atoms with Gasteiger partial charge in [0.2, 0.25) is 5.76 Å². The van der Waals surface area contributed by atoms with Gasteiger partial charge in [0.1, 0.15) is 5.69 Å². The Morgan fingerprint density at radius 2 is 2.07 bits per heavy atom. The van der Waals surface area contributed by atoms with Crippen molar-refractivity contribution in [2.45, 2.75) is 37.8 Å². The third-order valence-electron chi connectivity index (χ3n) is 5.15. The molecule has 2 aliphatic carbocycles. The lowest BCUT2D eigenvalue weighted by Crippen LogP contribution is -2.55. The van der Waals surface area contributed by atoms with Crippen LogP contribution in [0, 0.1) is 5.92 Å². The summed E-state index contributed by atoms with van der Waals surface area (Å²) in [6.45, 7) is 0.907. The molecule has 8 heteroatoms. The Bertz CT molecular complexity index is 812. The third-order valence-corrected chi connectivity index (χ3v) is 5.15. The average molecular weight is 370 g/mol. The van der Waals surface area contributed by atoms with Gasteiger partial charge in [-0.25, -0.2) is 0 Å². The Labute approximate surface area is 156 Å². The van der Waals surface area contributed by atoms with Crippen molar-refractivity contribution in [1.29, 1.82) is 0 Å². The van der Waals surface area contributed by atoms with Crippen molar-refractivity contribution in [3.05, 3.63) is 36.2 Å². The van der Waals surface area contributed by atoms with Crippen molar-refractivity contribution in [3.63, 3.8) is 0 Å². The van der Waals surface area contributed by atoms with E-state index in [2.05, 4.69) is 15.5 Å². The standard InChI is InChI=1S/C19H22N4O4/c24-18(25)11-23(10-12-4-5-12)14-7-13(8-14)21-19(26)17-9-16(22-27-17)15-3-1-2-6-20-15/h1-3,6,9,12-14H,4-5,7-8,10-11H2,(H,21,26)(H,24,25). The van der Waals surface area contributed by atoms with Gasteiger partial charge in [0.15, 0.2) is 0 Å². The summed E-state index contributed by atoms with van der Waals surface area (Å²) in [5.74, 6) is -0.316. The number of pyridine rings is 1. The van der Waals surface area contributed by atoms with Gasteiger partial charge in [-0.05, 0) is 43.7 Å². The molecule has 0 saturated heterocycles. The number of amides is 1. The molecule has 27 heavy (non-hydrogen) atoms. The highest BCUT2D eigenvalue weighted by molar-refractivity contribution is 5.92. The molecule has 2 aliphatic rings. The fraction of sp³-hybridized carbons (Fsp3) is 0.474. The van der Waals surface area contributed by atoms with Crippen molar-refractivity contribution in [2.24, 2.45) is 5.92 Å². The number of nitrogens with one attached hydrogen (secondary N) is 1. The fourth-order valence-corrected chi connectivity index (χ4v) is 3.43.